The van der Waals surface area contributed by atoms with Crippen molar-refractivity contribution in [2.24, 2.45) is 7.05 Å². The Bertz CT molecular complexity index is 1100. The first-order chi connectivity index (χ1) is 11.2. The van der Waals surface area contributed by atoms with Gasteiger partial charge >= 0.3 is 5.69 Å². The number of sulfone groups is 1. The van der Waals surface area contributed by atoms with Crippen molar-refractivity contribution in [2.45, 2.75) is 11.8 Å². The van der Waals surface area contributed by atoms with Gasteiger partial charge in [-0.2, -0.15) is 15.0 Å². The molecule has 0 aliphatic heterocycles. The molecule has 126 valence electrons. The molecule has 0 bridgehead atoms. The predicted molar refractivity (Wildman–Crippen MR) is 81.9 cm³/mol. The Balaban J connectivity index is 2.99. The summed E-state index contributed by atoms with van der Waals surface area (Å²) in [5.74, 6) is -1.54. The van der Waals surface area contributed by atoms with Crippen LogP contribution in [0.2, 0.25) is 0 Å². The molecule has 0 aliphatic rings. The zero-order valence-corrected chi connectivity index (χ0v) is 13.5. The second-order valence-electron chi connectivity index (χ2n) is 4.75. The minimum atomic E-state index is -3.92. The van der Waals surface area contributed by atoms with Crippen molar-refractivity contribution in [1.29, 1.82) is 5.26 Å². The fourth-order valence-corrected chi connectivity index (χ4v) is 3.02. The molecule has 2 N–H and O–H groups in total. The van der Waals surface area contributed by atoms with Gasteiger partial charge in [0.05, 0.1) is 21.9 Å². The maximum absolute atomic E-state index is 14.5. The smallest absolute Gasteiger partial charge is 0.352 e. The molecular weight excluding hydrogens is 341 g/mol. The number of halogens is 1. The number of nitrogens with two attached hydrogens (primary N) is 1. The number of benzene rings is 1. The van der Waals surface area contributed by atoms with Gasteiger partial charge in [-0.05, 0) is 6.07 Å². The van der Waals surface area contributed by atoms with E-state index >= 15 is 0 Å². The lowest BCUT2D eigenvalue weighted by molar-refractivity contribution is 0.582. The fourth-order valence-electron chi connectivity index (χ4n) is 1.96. The van der Waals surface area contributed by atoms with Gasteiger partial charge < -0.3 is 5.73 Å². The molecule has 11 heteroatoms. The average molecular weight is 353 g/mol. The average Bonchev–Trinajstić information content (AvgIpc) is 2.55. The molecule has 2 rings (SSSR count). The number of nitrogen functional groups attached to an aromatic ring is 1. The lowest BCUT2D eigenvalue weighted by Gasteiger charge is -2.13. The first-order valence-electron chi connectivity index (χ1n) is 6.56. The van der Waals surface area contributed by atoms with Crippen LogP contribution in [0.1, 0.15) is 12.5 Å². The summed E-state index contributed by atoms with van der Waals surface area (Å²) in [6, 6.07) is 2.36. The van der Waals surface area contributed by atoms with Gasteiger partial charge in [-0.25, -0.2) is 17.6 Å². The molecule has 1 heterocycles. The second kappa shape index (κ2) is 5.89. The van der Waals surface area contributed by atoms with Crippen LogP contribution in [0.5, 0.6) is 0 Å². The van der Waals surface area contributed by atoms with Gasteiger partial charge in [0, 0.05) is 7.05 Å². The number of rotatable bonds is 3. The number of aromatic nitrogens is 3. The van der Waals surface area contributed by atoms with Gasteiger partial charge in [0.25, 0.3) is 5.56 Å². The summed E-state index contributed by atoms with van der Waals surface area (Å²) < 4.78 is 39.9. The predicted octanol–water partition coefficient (Wildman–Crippen LogP) is -0.682. The largest absolute Gasteiger partial charge is 0.395 e. The Hall–Kier alpha value is -3.00. The molecule has 0 atom stereocenters. The van der Waals surface area contributed by atoms with Crippen LogP contribution in [0, 0.1) is 17.1 Å². The minimum absolute atomic E-state index is 0.359. The number of hydrogen-bond acceptors (Lipinski definition) is 7. The Kier molecular flexibility index (Phi) is 4.26. The van der Waals surface area contributed by atoms with Gasteiger partial charge in [0.1, 0.15) is 18.0 Å². The van der Waals surface area contributed by atoms with E-state index in [4.69, 9.17) is 11.0 Å². The first kappa shape index (κ1) is 17.4. The van der Waals surface area contributed by atoms with Gasteiger partial charge in [0.15, 0.2) is 15.7 Å². The molecule has 0 amide bonds. The molecule has 0 saturated heterocycles. The van der Waals surface area contributed by atoms with Crippen molar-refractivity contribution in [2.75, 3.05) is 11.5 Å². The van der Waals surface area contributed by atoms with Crippen LogP contribution in [0.15, 0.2) is 26.7 Å². The minimum Gasteiger partial charge on any atom is -0.395 e. The highest BCUT2D eigenvalue weighted by Crippen LogP contribution is 2.29. The van der Waals surface area contributed by atoms with E-state index in [0.29, 0.717) is 9.25 Å². The first-order valence-corrected chi connectivity index (χ1v) is 8.21. The quantitative estimate of drug-likeness (QED) is 0.569. The van der Waals surface area contributed by atoms with Crippen LogP contribution in [-0.2, 0) is 16.9 Å². The van der Waals surface area contributed by atoms with Crippen LogP contribution in [0.25, 0.3) is 5.69 Å². The summed E-state index contributed by atoms with van der Waals surface area (Å²) in [5.41, 5.74) is 1.98. The van der Waals surface area contributed by atoms with E-state index in [-0.39, 0.29) is 5.75 Å². The van der Waals surface area contributed by atoms with E-state index in [1.807, 2.05) is 0 Å². The summed E-state index contributed by atoms with van der Waals surface area (Å²) in [6.45, 7) is 1.34. The van der Waals surface area contributed by atoms with E-state index in [1.54, 1.807) is 6.07 Å². The van der Waals surface area contributed by atoms with Gasteiger partial charge in [-0.3, -0.25) is 9.36 Å². The molecule has 1 aromatic heterocycles. The van der Waals surface area contributed by atoms with Gasteiger partial charge in [0.2, 0.25) is 0 Å². The van der Waals surface area contributed by atoms with Crippen LogP contribution >= 0.6 is 0 Å². The van der Waals surface area contributed by atoms with E-state index < -0.39 is 48.7 Å². The third-order valence-electron chi connectivity index (χ3n) is 3.38. The maximum atomic E-state index is 14.5. The third kappa shape index (κ3) is 2.56. The number of hydrogen-bond donors (Lipinski definition) is 1. The SMILES string of the molecule is CCS(=O)(=O)c1cc(-n2ncc(=O)n(C)c2=O)c(F)c(N)c1C#N. The van der Waals surface area contributed by atoms with E-state index in [9.17, 15) is 22.4 Å². The number of nitriles is 1. The van der Waals surface area contributed by atoms with Crippen molar-refractivity contribution in [3.05, 3.63) is 44.5 Å². The van der Waals surface area contributed by atoms with Crippen LogP contribution in [0.4, 0.5) is 10.1 Å². The molecule has 0 fully saturated rings. The fraction of sp³-hybridized carbons (Fsp3) is 0.231. The van der Waals surface area contributed by atoms with E-state index in [0.717, 1.165) is 19.3 Å². The summed E-state index contributed by atoms with van der Waals surface area (Å²) in [7, 11) is -2.77. The standard InChI is InChI=1S/C13H12FN5O4S/c1-3-24(22,23)9-4-8(11(14)12(16)7(9)5-15)19-13(21)18(2)10(20)6-17-19/h4,6H,3,16H2,1-2H3. The molecule has 24 heavy (non-hydrogen) atoms. The monoisotopic (exact) mass is 353 g/mol. The van der Waals surface area contributed by atoms with Crippen molar-refractivity contribution >= 4 is 15.5 Å². The van der Waals surface area contributed by atoms with E-state index in [1.165, 1.54) is 6.92 Å². The molecule has 0 unspecified atom stereocenters. The third-order valence-corrected chi connectivity index (χ3v) is 5.13. The van der Waals surface area contributed by atoms with Crippen molar-refractivity contribution in [1.82, 2.24) is 14.3 Å². The summed E-state index contributed by atoms with van der Waals surface area (Å²) in [6.07, 6.45) is 0.767. The van der Waals surface area contributed by atoms with Crippen LogP contribution < -0.4 is 17.0 Å². The molecule has 0 radical (unpaired) electrons. The van der Waals surface area contributed by atoms with Gasteiger partial charge in [-0.15, -0.1) is 0 Å². The van der Waals surface area contributed by atoms with Crippen molar-refractivity contribution in [3.8, 4) is 11.8 Å². The molecule has 1 aromatic carbocycles. The lowest BCUT2D eigenvalue weighted by Crippen LogP contribution is -2.38. The van der Waals surface area contributed by atoms with Gasteiger partial charge in [-0.1, -0.05) is 6.92 Å². The Morgan fingerprint density at radius 1 is 1.42 bits per heavy atom. The van der Waals surface area contributed by atoms with Crippen LogP contribution in [0.3, 0.4) is 0 Å². The molecule has 2 aromatic rings. The molecular formula is C13H12FN5O4S. The second-order valence-corrected chi connectivity index (χ2v) is 6.99. The van der Waals surface area contributed by atoms with Crippen LogP contribution in [-0.4, -0.2) is 28.5 Å². The molecule has 0 saturated carbocycles. The summed E-state index contributed by atoms with van der Waals surface area (Å²) in [4.78, 5) is 22.9. The zero-order chi connectivity index (χ0) is 18.2. The summed E-state index contributed by atoms with van der Waals surface area (Å²) >= 11 is 0. The lowest BCUT2D eigenvalue weighted by atomic mass is 10.1. The van der Waals surface area contributed by atoms with Crippen molar-refractivity contribution in [3.63, 3.8) is 0 Å². The highest BCUT2D eigenvalue weighted by atomic mass is 32.2. The maximum Gasteiger partial charge on any atom is 0.352 e. The number of anilines is 1. The van der Waals surface area contributed by atoms with E-state index in [2.05, 4.69) is 5.10 Å². The highest BCUT2D eigenvalue weighted by Gasteiger charge is 2.25. The Morgan fingerprint density at radius 3 is 2.58 bits per heavy atom. The number of nitrogens with zero attached hydrogens (tertiary/aromatic N) is 4. The zero-order valence-electron chi connectivity index (χ0n) is 12.6. The highest BCUT2D eigenvalue weighted by molar-refractivity contribution is 7.91. The normalized spacial score (nSPS) is 11.2. The summed E-state index contributed by atoms with van der Waals surface area (Å²) in [5, 5.41) is 12.6. The molecule has 0 aliphatic carbocycles. The Labute approximate surface area is 135 Å². The topological polar surface area (TPSA) is 141 Å². The Morgan fingerprint density at radius 2 is 2.04 bits per heavy atom. The van der Waals surface area contributed by atoms with Crippen molar-refractivity contribution < 1.29 is 12.8 Å². The molecule has 0 spiro atoms. The molecule has 9 nitrogen and oxygen atoms in total.